The van der Waals surface area contributed by atoms with E-state index in [0.29, 0.717) is 0 Å². The Hall–Kier alpha value is 1.50. The van der Waals surface area contributed by atoms with Crippen LogP contribution in [-0.4, -0.2) is 34.4 Å². The molecule has 0 spiro atoms. The molecule has 0 fully saturated rings. The first kappa shape index (κ1) is 19.1. The van der Waals surface area contributed by atoms with Crippen LogP contribution in [0.4, 0.5) is 0 Å². The predicted molar refractivity (Wildman–Crippen MR) is 22.0 cm³/mol. The molecule has 0 saturated heterocycles. The van der Waals surface area contributed by atoms with E-state index in [4.69, 9.17) is 10.2 Å². The molecule has 8 heteroatoms. The molecule has 0 unspecified atom stereocenters. The van der Waals surface area contributed by atoms with Crippen LogP contribution in [0.5, 0.6) is 0 Å². The van der Waals surface area contributed by atoms with E-state index >= 15 is 0 Å². The van der Waals surface area contributed by atoms with Gasteiger partial charge in [0.05, 0.1) is 11.9 Å². The number of aliphatic hydroxyl groups is 2. The van der Waals surface area contributed by atoms with Gasteiger partial charge in [0, 0.05) is 0 Å². The summed E-state index contributed by atoms with van der Waals surface area (Å²) < 4.78 is 0. The summed E-state index contributed by atoms with van der Waals surface area (Å²) in [4.78, 5) is 19.3. The van der Waals surface area contributed by atoms with Gasteiger partial charge in [0.2, 0.25) is 0 Å². The van der Waals surface area contributed by atoms with E-state index in [1.54, 1.807) is 0 Å². The molecule has 0 aliphatic heterocycles. The van der Waals surface area contributed by atoms with Crippen LogP contribution in [0.3, 0.4) is 0 Å². The van der Waals surface area contributed by atoms with Crippen LogP contribution in [0.25, 0.3) is 0 Å². The van der Waals surface area contributed by atoms with Crippen LogP contribution in [0.15, 0.2) is 0 Å². The number of rotatable bonds is 3. The molecule has 0 amide bonds. The quantitative estimate of drug-likeness (QED) is 0.446. The fourth-order valence-electron chi connectivity index (χ4n) is 0.258. The molecule has 0 aromatic heterocycles. The molecule has 0 heterocycles. The standard InChI is InChI=1S/C4H6O6.K.Na/c5-1(3(7)8)2(6)4(9)10;;/h1-2,5-6H,(H,7,8)(H,9,10);;/q;2*+1/p-2/t1-,2+;;. The zero-order chi connectivity index (χ0) is 8.31. The van der Waals surface area contributed by atoms with E-state index in [0.717, 1.165) is 0 Å². The molecule has 0 saturated carbocycles. The number of hydrogen-bond acceptors (Lipinski definition) is 6. The third kappa shape index (κ3) is 6.95. The zero-order valence-electron chi connectivity index (χ0n) is 6.68. The summed E-state index contributed by atoms with van der Waals surface area (Å²) in [6, 6.07) is 0. The van der Waals surface area contributed by atoms with Crippen molar-refractivity contribution in [3.63, 3.8) is 0 Å². The van der Waals surface area contributed by atoms with Crippen molar-refractivity contribution in [1.82, 2.24) is 0 Å². The molecule has 12 heavy (non-hydrogen) atoms. The first-order chi connectivity index (χ1) is 4.46. The second kappa shape index (κ2) is 9.07. The number of aliphatic hydroxyl groups excluding tert-OH is 2. The molecule has 2 atom stereocenters. The maximum atomic E-state index is 9.63. The molecule has 58 valence electrons. The smallest absolute Gasteiger partial charge is 0.547 e. The third-order valence-electron chi connectivity index (χ3n) is 0.782. The van der Waals surface area contributed by atoms with Crippen LogP contribution >= 0.6 is 0 Å². The van der Waals surface area contributed by atoms with E-state index in [2.05, 4.69) is 0 Å². The van der Waals surface area contributed by atoms with Gasteiger partial charge >= 0.3 is 80.9 Å². The number of aliphatic carboxylic acids is 2. The van der Waals surface area contributed by atoms with Crippen LogP contribution in [0.2, 0.25) is 0 Å². The van der Waals surface area contributed by atoms with Crippen molar-refractivity contribution in [3.8, 4) is 0 Å². The molecule has 0 radical (unpaired) electrons. The van der Waals surface area contributed by atoms with Gasteiger partial charge in [-0.2, -0.15) is 0 Å². The van der Waals surface area contributed by atoms with Crippen LogP contribution < -0.4 is 91.2 Å². The van der Waals surface area contributed by atoms with E-state index in [1.807, 2.05) is 0 Å². The number of carbonyl (C=O) groups is 2. The van der Waals surface area contributed by atoms with Gasteiger partial charge in [-0.15, -0.1) is 0 Å². The van der Waals surface area contributed by atoms with Gasteiger partial charge in [0.15, 0.2) is 0 Å². The van der Waals surface area contributed by atoms with Crippen molar-refractivity contribution >= 4 is 11.9 Å². The normalized spacial score (nSPS) is 13.2. The topological polar surface area (TPSA) is 121 Å². The molecule has 0 bridgehead atoms. The van der Waals surface area contributed by atoms with E-state index < -0.39 is 24.1 Å². The van der Waals surface area contributed by atoms with Gasteiger partial charge in [-0.3, -0.25) is 0 Å². The summed E-state index contributed by atoms with van der Waals surface area (Å²) in [6.07, 6.45) is -4.88. The van der Waals surface area contributed by atoms with Gasteiger partial charge in [-0.25, -0.2) is 0 Å². The number of carboxylic acids is 2. The zero-order valence-corrected chi connectivity index (χ0v) is 11.8. The molecule has 2 N–H and O–H groups in total. The molecular formula is C4H4KNaO6. The molecule has 0 aliphatic carbocycles. The fourth-order valence-corrected chi connectivity index (χ4v) is 0.258. The number of carboxylic acid groups (broad SMARTS) is 2. The summed E-state index contributed by atoms with van der Waals surface area (Å²) in [5, 5.41) is 35.7. The Labute approximate surface area is 133 Å². The number of hydrogen-bond donors (Lipinski definition) is 2. The van der Waals surface area contributed by atoms with Crippen molar-refractivity contribution in [2.75, 3.05) is 0 Å². The van der Waals surface area contributed by atoms with Crippen molar-refractivity contribution in [2.45, 2.75) is 12.2 Å². The minimum Gasteiger partial charge on any atom is -0.547 e. The summed E-state index contributed by atoms with van der Waals surface area (Å²) in [7, 11) is 0. The monoisotopic (exact) mass is 210 g/mol. The molecule has 6 nitrogen and oxygen atoms in total. The Balaban J connectivity index is -0.000000405. The Morgan fingerprint density at radius 3 is 1.25 bits per heavy atom. The maximum Gasteiger partial charge on any atom is 1.00 e. The second-order valence-corrected chi connectivity index (χ2v) is 1.53. The predicted octanol–water partition coefficient (Wildman–Crippen LogP) is -10.8. The Morgan fingerprint density at radius 1 is 1.00 bits per heavy atom. The Morgan fingerprint density at radius 2 is 1.17 bits per heavy atom. The first-order valence-corrected chi connectivity index (χ1v) is 2.24. The van der Waals surface area contributed by atoms with Gasteiger partial charge in [-0.05, 0) is 0 Å². The van der Waals surface area contributed by atoms with Crippen LogP contribution in [0.1, 0.15) is 0 Å². The summed E-state index contributed by atoms with van der Waals surface area (Å²) >= 11 is 0. The van der Waals surface area contributed by atoms with Crippen LogP contribution in [0, 0.1) is 0 Å². The van der Waals surface area contributed by atoms with Crippen LogP contribution in [-0.2, 0) is 9.59 Å². The van der Waals surface area contributed by atoms with Crippen molar-refractivity contribution in [1.29, 1.82) is 0 Å². The van der Waals surface area contributed by atoms with E-state index in [1.165, 1.54) is 0 Å². The molecular weight excluding hydrogens is 206 g/mol. The summed E-state index contributed by atoms with van der Waals surface area (Å²) in [5.74, 6) is -4.12. The van der Waals surface area contributed by atoms with E-state index in [9.17, 15) is 19.8 Å². The van der Waals surface area contributed by atoms with Gasteiger partial charge in [0.25, 0.3) is 0 Å². The summed E-state index contributed by atoms with van der Waals surface area (Å²) in [5.41, 5.74) is 0. The van der Waals surface area contributed by atoms with Gasteiger partial charge in [-0.1, -0.05) is 0 Å². The minimum absolute atomic E-state index is 0. The molecule has 0 rings (SSSR count). The summed E-state index contributed by atoms with van der Waals surface area (Å²) in [6.45, 7) is 0. The van der Waals surface area contributed by atoms with E-state index in [-0.39, 0.29) is 80.9 Å². The van der Waals surface area contributed by atoms with Crippen molar-refractivity contribution < 1.29 is 111 Å². The largest absolute Gasteiger partial charge is 1.00 e. The first-order valence-electron chi connectivity index (χ1n) is 2.24. The average molecular weight is 210 g/mol. The fraction of sp³-hybridized carbons (Fsp3) is 0.500. The second-order valence-electron chi connectivity index (χ2n) is 1.53. The minimum atomic E-state index is -2.44. The third-order valence-corrected chi connectivity index (χ3v) is 0.782. The van der Waals surface area contributed by atoms with Gasteiger partial charge < -0.3 is 30.0 Å². The van der Waals surface area contributed by atoms with Crippen molar-refractivity contribution in [3.05, 3.63) is 0 Å². The Bertz CT molecular complexity index is 144. The molecule has 0 aliphatic rings. The number of carbonyl (C=O) groups excluding carboxylic acids is 2. The van der Waals surface area contributed by atoms with Gasteiger partial charge in [0.1, 0.15) is 12.2 Å². The molecule has 0 aromatic carbocycles. The Kier molecular flexibility index (Phi) is 14.5. The average Bonchev–Trinajstić information content (AvgIpc) is 1.84. The SMILES string of the molecule is O=C([O-])[C@@H](O)[C@@H](O)C(=O)[O-].[K+].[Na+]. The molecule has 0 aromatic rings. The maximum absolute atomic E-state index is 9.63. The van der Waals surface area contributed by atoms with Crippen molar-refractivity contribution in [2.24, 2.45) is 0 Å².